The first-order valence-corrected chi connectivity index (χ1v) is 7.67. The fourth-order valence-electron chi connectivity index (χ4n) is 2.75. The highest BCUT2D eigenvalue weighted by Gasteiger charge is 2.24. The van der Waals surface area contributed by atoms with Crippen LogP contribution in [0.15, 0.2) is 30.5 Å². The molecule has 22 heavy (non-hydrogen) atoms. The average Bonchev–Trinajstić information content (AvgIpc) is 2.79. The van der Waals surface area contributed by atoms with Gasteiger partial charge >= 0.3 is 0 Å². The van der Waals surface area contributed by atoms with Gasteiger partial charge in [0.15, 0.2) is 5.15 Å². The van der Waals surface area contributed by atoms with E-state index in [4.69, 9.17) is 16.3 Å². The highest BCUT2D eigenvalue weighted by Crippen LogP contribution is 2.19. The molecule has 0 bridgehead atoms. The number of carbonyl (C=O) groups excluding carboxylic acids is 1. The molecule has 5 nitrogen and oxygen atoms in total. The Labute approximate surface area is 134 Å². The number of ether oxygens (including phenoxy) is 1. The second kappa shape index (κ2) is 6.10. The second-order valence-electron chi connectivity index (χ2n) is 5.55. The lowest BCUT2D eigenvalue weighted by Crippen LogP contribution is -2.47. The Morgan fingerprint density at radius 1 is 1.36 bits per heavy atom. The van der Waals surface area contributed by atoms with Crippen molar-refractivity contribution in [2.75, 3.05) is 13.1 Å². The van der Waals surface area contributed by atoms with Crippen molar-refractivity contribution in [2.24, 2.45) is 0 Å². The molecule has 1 aliphatic rings. The second-order valence-corrected chi connectivity index (χ2v) is 5.91. The van der Waals surface area contributed by atoms with Crippen LogP contribution in [0.25, 0.3) is 11.7 Å². The minimum absolute atomic E-state index is 0.0380. The smallest absolute Gasteiger partial charge is 0.246 e. The number of carbonyl (C=O) groups is 1. The van der Waals surface area contributed by atoms with E-state index in [0.717, 1.165) is 5.65 Å². The summed E-state index contributed by atoms with van der Waals surface area (Å²) in [6, 6.07) is 5.67. The highest BCUT2D eigenvalue weighted by atomic mass is 35.5. The fourth-order valence-corrected chi connectivity index (χ4v) is 2.99. The number of pyridine rings is 1. The molecule has 2 aromatic rings. The molecule has 0 unspecified atom stereocenters. The molecule has 3 heterocycles. The molecule has 1 amide bonds. The Morgan fingerprint density at radius 2 is 2.09 bits per heavy atom. The van der Waals surface area contributed by atoms with Crippen LogP contribution in [0.2, 0.25) is 5.15 Å². The molecule has 0 N–H and O–H groups in total. The number of halogens is 1. The number of morpholine rings is 1. The van der Waals surface area contributed by atoms with Gasteiger partial charge in [-0.05, 0) is 32.1 Å². The summed E-state index contributed by atoms with van der Waals surface area (Å²) in [5.74, 6) is -0.0380. The van der Waals surface area contributed by atoms with Gasteiger partial charge in [0.05, 0.1) is 17.9 Å². The SMILES string of the molecule is C[C@H]1CN(C(=O)/C=C/c2c(Cl)nc3ccccn23)C[C@H](C)O1. The Hall–Kier alpha value is -1.85. The average molecular weight is 320 g/mol. The molecule has 1 aliphatic heterocycles. The third-order valence-corrected chi connectivity index (χ3v) is 3.92. The molecule has 6 heteroatoms. The van der Waals surface area contributed by atoms with E-state index in [2.05, 4.69) is 4.98 Å². The largest absolute Gasteiger partial charge is 0.372 e. The number of aromatic nitrogens is 2. The summed E-state index contributed by atoms with van der Waals surface area (Å²) in [7, 11) is 0. The summed E-state index contributed by atoms with van der Waals surface area (Å²) in [5, 5.41) is 0.388. The number of hydrogen-bond donors (Lipinski definition) is 0. The lowest BCUT2D eigenvalue weighted by atomic mass is 10.2. The van der Waals surface area contributed by atoms with Gasteiger partial charge in [0, 0.05) is 25.4 Å². The standard InChI is InChI=1S/C16H18ClN3O2/c1-11-9-19(10-12(2)22-11)15(21)7-6-13-16(17)18-14-5-3-4-8-20(13)14/h3-8,11-12H,9-10H2,1-2H3/b7-6+/t11-,12-/m0/s1. The van der Waals surface area contributed by atoms with Gasteiger partial charge in [-0.25, -0.2) is 4.98 Å². The van der Waals surface area contributed by atoms with Crippen molar-refractivity contribution in [3.05, 3.63) is 41.3 Å². The van der Waals surface area contributed by atoms with Gasteiger partial charge in [-0.3, -0.25) is 9.20 Å². The first-order chi connectivity index (χ1) is 10.5. The number of nitrogens with zero attached hydrogens (tertiary/aromatic N) is 3. The fraction of sp³-hybridized carbons (Fsp3) is 0.375. The number of amides is 1. The van der Waals surface area contributed by atoms with Gasteiger partial charge < -0.3 is 9.64 Å². The molecule has 3 rings (SSSR count). The van der Waals surface area contributed by atoms with E-state index in [0.29, 0.717) is 23.9 Å². The van der Waals surface area contributed by atoms with Crippen LogP contribution in [0, 0.1) is 0 Å². The van der Waals surface area contributed by atoms with E-state index < -0.39 is 0 Å². The van der Waals surface area contributed by atoms with Crippen molar-refractivity contribution < 1.29 is 9.53 Å². The van der Waals surface area contributed by atoms with Gasteiger partial charge in [-0.15, -0.1) is 0 Å². The quantitative estimate of drug-likeness (QED) is 0.799. The van der Waals surface area contributed by atoms with Crippen LogP contribution in [0.5, 0.6) is 0 Å². The molecule has 2 aromatic heterocycles. The first kappa shape index (κ1) is 15.1. The van der Waals surface area contributed by atoms with E-state index in [1.165, 1.54) is 0 Å². The molecule has 2 atom stereocenters. The number of imidazole rings is 1. The third-order valence-electron chi connectivity index (χ3n) is 3.64. The molecule has 0 saturated carbocycles. The maximum absolute atomic E-state index is 12.3. The highest BCUT2D eigenvalue weighted by molar-refractivity contribution is 6.31. The summed E-state index contributed by atoms with van der Waals surface area (Å²) in [5.41, 5.74) is 1.47. The Balaban J connectivity index is 1.80. The summed E-state index contributed by atoms with van der Waals surface area (Å²) >= 11 is 6.16. The monoisotopic (exact) mass is 319 g/mol. The topological polar surface area (TPSA) is 46.8 Å². The first-order valence-electron chi connectivity index (χ1n) is 7.29. The Morgan fingerprint density at radius 3 is 2.82 bits per heavy atom. The predicted octanol–water partition coefficient (Wildman–Crippen LogP) is 2.64. The van der Waals surface area contributed by atoms with Crippen molar-refractivity contribution in [1.29, 1.82) is 0 Å². The zero-order chi connectivity index (χ0) is 15.7. The van der Waals surface area contributed by atoms with Crippen molar-refractivity contribution in [1.82, 2.24) is 14.3 Å². The third kappa shape index (κ3) is 3.00. The summed E-state index contributed by atoms with van der Waals surface area (Å²) in [6.45, 7) is 5.16. The van der Waals surface area contributed by atoms with Crippen molar-refractivity contribution >= 4 is 29.2 Å². The molecule has 116 valence electrons. The molecular formula is C16H18ClN3O2. The molecule has 0 aromatic carbocycles. The van der Waals surface area contributed by atoms with Crippen LogP contribution in [-0.4, -0.2) is 45.5 Å². The van der Waals surface area contributed by atoms with Crippen LogP contribution < -0.4 is 0 Å². The van der Waals surface area contributed by atoms with E-state index in [1.807, 2.05) is 42.6 Å². The van der Waals surface area contributed by atoms with Crippen LogP contribution in [0.4, 0.5) is 0 Å². The molecular weight excluding hydrogens is 302 g/mol. The molecule has 0 radical (unpaired) electrons. The van der Waals surface area contributed by atoms with Gasteiger partial charge in [0.1, 0.15) is 5.65 Å². The zero-order valence-electron chi connectivity index (χ0n) is 12.6. The maximum atomic E-state index is 12.3. The summed E-state index contributed by atoms with van der Waals surface area (Å²) in [6.07, 6.45) is 5.25. The van der Waals surface area contributed by atoms with Gasteiger partial charge in [0.25, 0.3) is 0 Å². The molecule has 1 fully saturated rings. The number of hydrogen-bond acceptors (Lipinski definition) is 3. The Kier molecular flexibility index (Phi) is 4.18. The van der Waals surface area contributed by atoms with Crippen LogP contribution in [-0.2, 0) is 9.53 Å². The maximum Gasteiger partial charge on any atom is 0.246 e. The molecule has 0 aliphatic carbocycles. The van der Waals surface area contributed by atoms with E-state index in [1.54, 1.807) is 17.1 Å². The Bertz CT molecular complexity index is 715. The lowest BCUT2D eigenvalue weighted by molar-refractivity contribution is -0.137. The van der Waals surface area contributed by atoms with Crippen molar-refractivity contribution in [3.63, 3.8) is 0 Å². The van der Waals surface area contributed by atoms with Gasteiger partial charge in [-0.1, -0.05) is 17.7 Å². The number of fused-ring (bicyclic) bond motifs is 1. The predicted molar refractivity (Wildman–Crippen MR) is 85.8 cm³/mol. The van der Waals surface area contributed by atoms with E-state index in [-0.39, 0.29) is 18.1 Å². The van der Waals surface area contributed by atoms with Crippen molar-refractivity contribution in [2.45, 2.75) is 26.1 Å². The van der Waals surface area contributed by atoms with Crippen LogP contribution in [0.3, 0.4) is 0 Å². The van der Waals surface area contributed by atoms with Crippen molar-refractivity contribution in [3.8, 4) is 0 Å². The molecule has 0 spiro atoms. The van der Waals surface area contributed by atoms with E-state index >= 15 is 0 Å². The zero-order valence-corrected chi connectivity index (χ0v) is 13.3. The van der Waals surface area contributed by atoms with Crippen LogP contribution in [0.1, 0.15) is 19.5 Å². The summed E-state index contributed by atoms with van der Waals surface area (Å²) < 4.78 is 7.50. The number of rotatable bonds is 2. The van der Waals surface area contributed by atoms with Gasteiger partial charge in [0.2, 0.25) is 5.91 Å². The lowest BCUT2D eigenvalue weighted by Gasteiger charge is -2.34. The minimum Gasteiger partial charge on any atom is -0.372 e. The van der Waals surface area contributed by atoms with Gasteiger partial charge in [-0.2, -0.15) is 0 Å². The minimum atomic E-state index is -0.0380. The molecule has 1 saturated heterocycles. The normalized spacial score (nSPS) is 22.6. The van der Waals surface area contributed by atoms with E-state index in [9.17, 15) is 4.79 Å². The van der Waals surface area contributed by atoms with Crippen LogP contribution >= 0.6 is 11.6 Å². The summed E-state index contributed by atoms with van der Waals surface area (Å²) in [4.78, 5) is 18.4.